The second-order valence-electron chi connectivity index (χ2n) is 4.11. The van der Waals surface area contributed by atoms with Gasteiger partial charge in [0.25, 0.3) is 0 Å². The third kappa shape index (κ3) is 2.85. The molecule has 2 aromatic rings. The van der Waals surface area contributed by atoms with Crippen molar-refractivity contribution >= 4 is 21.7 Å². The number of halogens is 1. The first-order valence-corrected chi connectivity index (χ1v) is 6.17. The van der Waals surface area contributed by atoms with Gasteiger partial charge in [0.2, 0.25) is 0 Å². The van der Waals surface area contributed by atoms with Crippen molar-refractivity contribution in [2.24, 2.45) is 7.05 Å². The predicted molar refractivity (Wildman–Crippen MR) is 72.0 cm³/mol. The quantitative estimate of drug-likeness (QED) is 0.872. The van der Waals surface area contributed by atoms with Crippen molar-refractivity contribution in [1.82, 2.24) is 14.8 Å². The maximum atomic E-state index is 4.53. The van der Waals surface area contributed by atoms with Crippen LogP contribution in [0.15, 0.2) is 29.0 Å². The van der Waals surface area contributed by atoms with Gasteiger partial charge < -0.3 is 4.90 Å². The third-order valence-electron chi connectivity index (χ3n) is 2.58. The van der Waals surface area contributed by atoms with E-state index in [-0.39, 0.29) is 0 Å². The Morgan fingerprint density at radius 3 is 2.76 bits per heavy atom. The molecule has 4 nitrogen and oxygen atoms in total. The zero-order chi connectivity index (χ0) is 12.4. The Hall–Kier alpha value is -1.36. The van der Waals surface area contributed by atoms with Gasteiger partial charge >= 0.3 is 0 Å². The van der Waals surface area contributed by atoms with Crippen LogP contribution in [0.2, 0.25) is 0 Å². The van der Waals surface area contributed by atoms with E-state index in [0.717, 1.165) is 22.5 Å². The average Bonchev–Trinajstić information content (AvgIpc) is 2.68. The highest BCUT2D eigenvalue weighted by atomic mass is 79.9. The van der Waals surface area contributed by atoms with Crippen LogP contribution in [-0.4, -0.2) is 21.8 Å². The summed E-state index contributed by atoms with van der Waals surface area (Å²) < 4.78 is 2.85. The fourth-order valence-corrected chi connectivity index (χ4v) is 1.87. The highest BCUT2D eigenvalue weighted by molar-refractivity contribution is 9.10. The topological polar surface area (TPSA) is 34.0 Å². The molecule has 0 atom stereocenters. The number of hydrogen-bond acceptors (Lipinski definition) is 3. The largest absolute Gasteiger partial charge is 0.355 e. The molecular formula is C12H15BrN4. The monoisotopic (exact) mass is 294 g/mol. The summed E-state index contributed by atoms with van der Waals surface area (Å²) in [6.07, 6.45) is 3.89. The second kappa shape index (κ2) is 4.87. The zero-order valence-electron chi connectivity index (χ0n) is 10.2. The molecule has 2 rings (SSSR count). The van der Waals surface area contributed by atoms with Crippen molar-refractivity contribution < 1.29 is 0 Å². The number of anilines is 1. The number of aromatic nitrogens is 3. The lowest BCUT2D eigenvalue weighted by Gasteiger charge is -2.17. The molecule has 17 heavy (non-hydrogen) atoms. The van der Waals surface area contributed by atoms with E-state index in [4.69, 9.17) is 0 Å². The van der Waals surface area contributed by atoms with Crippen LogP contribution < -0.4 is 4.90 Å². The van der Waals surface area contributed by atoms with Crippen molar-refractivity contribution in [1.29, 1.82) is 0 Å². The molecule has 0 aliphatic rings. The van der Waals surface area contributed by atoms with Gasteiger partial charge in [0, 0.05) is 36.9 Å². The zero-order valence-corrected chi connectivity index (χ0v) is 11.8. The molecule has 0 radical (unpaired) electrons. The Labute approximate surface area is 109 Å². The standard InChI is InChI=1S/C12H15BrN4/c1-9-11(13)4-5-12(15-9)16(2)7-10-6-14-17(3)8-10/h4-6,8H,7H2,1-3H3. The summed E-state index contributed by atoms with van der Waals surface area (Å²) >= 11 is 3.45. The van der Waals surface area contributed by atoms with E-state index in [1.165, 1.54) is 5.56 Å². The van der Waals surface area contributed by atoms with Gasteiger partial charge in [0.15, 0.2) is 0 Å². The molecule has 5 heteroatoms. The number of nitrogens with zero attached hydrogens (tertiary/aromatic N) is 4. The first-order valence-electron chi connectivity index (χ1n) is 5.38. The Morgan fingerprint density at radius 2 is 2.18 bits per heavy atom. The Kier molecular flexibility index (Phi) is 3.47. The molecule has 0 aliphatic heterocycles. The molecule has 2 aromatic heterocycles. The molecule has 0 saturated heterocycles. The molecule has 2 heterocycles. The van der Waals surface area contributed by atoms with Gasteiger partial charge in [-0.25, -0.2) is 4.98 Å². The van der Waals surface area contributed by atoms with Crippen molar-refractivity contribution in [3.05, 3.63) is 40.3 Å². The predicted octanol–water partition coefficient (Wildman–Crippen LogP) is 2.52. The fourth-order valence-electron chi connectivity index (χ4n) is 1.65. The first-order chi connectivity index (χ1) is 8.06. The number of aryl methyl sites for hydroxylation is 2. The second-order valence-corrected chi connectivity index (χ2v) is 4.97. The van der Waals surface area contributed by atoms with Gasteiger partial charge in [-0.2, -0.15) is 5.10 Å². The van der Waals surface area contributed by atoms with E-state index in [0.29, 0.717) is 0 Å². The Bertz CT molecular complexity index is 521. The molecule has 0 N–H and O–H groups in total. The number of hydrogen-bond donors (Lipinski definition) is 0. The minimum atomic E-state index is 0.807. The minimum Gasteiger partial charge on any atom is -0.355 e. The maximum Gasteiger partial charge on any atom is 0.128 e. The third-order valence-corrected chi connectivity index (χ3v) is 3.41. The highest BCUT2D eigenvalue weighted by Gasteiger charge is 2.06. The first kappa shape index (κ1) is 12.1. The van der Waals surface area contributed by atoms with Crippen molar-refractivity contribution in [2.75, 3.05) is 11.9 Å². The van der Waals surface area contributed by atoms with Crippen LogP contribution in [0.3, 0.4) is 0 Å². The van der Waals surface area contributed by atoms with Crippen LogP contribution in [0.1, 0.15) is 11.3 Å². The molecular weight excluding hydrogens is 280 g/mol. The summed E-state index contributed by atoms with van der Waals surface area (Å²) in [4.78, 5) is 6.64. The summed E-state index contributed by atoms with van der Waals surface area (Å²) in [7, 11) is 3.95. The molecule has 0 aromatic carbocycles. The molecule has 0 amide bonds. The lowest BCUT2D eigenvalue weighted by Crippen LogP contribution is -2.17. The molecule has 0 unspecified atom stereocenters. The Morgan fingerprint density at radius 1 is 1.41 bits per heavy atom. The van der Waals surface area contributed by atoms with Crippen molar-refractivity contribution in [3.8, 4) is 0 Å². The molecule has 0 aliphatic carbocycles. The summed E-state index contributed by atoms with van der Waals surface area (Å²) in [5.74, 6) is 0.967. The van der Waals surface area contributed by atoms with E-state index in [1.807, 2.05) is 50.2 Å². The number of pyridine rings is 1. The smallest absolute Gasteiger partial charge is 0.128 e. The lowest BCUT2D eigenvalue weighted by atomic mass is 10.3. The Balaban J connectivity index is 2.14. The van der Waals surface area contributed by atoms with E-state index in [1.54, 1.807) is 0 Å². The van der Waals surface area contributed by atoms with Crippen LogP contribution in [0.5, 0.6) is 0 Å². The average molecular weight is 295 g/mol. The lowest BCUT2D eigenvalue weighted by molar-refractivity contribution is 0.766. The SMILES string of the molecule is Cc1nc(N(C)Cc2cnn(C)c2)ccc1Br. The van der Waals surface area contributed by atoms with Gasteiger partial charge in [-0.05, 0) is 35.0 Å². The van der Waals surface area contributed by atoms with Gasteiger partial charge in [0.05, 0.1) is 11.9 Å². The van der Waals surface area contributed by atoms with Crippen molar-refractivity contribution in [2.45, 2.75) is 13.5 Å². The fraction of sp³-hybridized carbons (Fsp3) is 0.333. The summed E-state index contributed by atoms with van der Waals surface area (Å²) in [6.45, 7) is 2.80. The van der Waals surface area contributed by atoms with E-state index < -0.39 is 0 Å². The highest BCUT2D eigenvalue weighted by Crippen LogP contribution is 2.19. The van der Waals surface area contributed by atoms with Crippen LogP contribution >= 0.6 is 15.9 Å². The van der Waals surface area contributed by atoms with Crippen molar-refractivity contribution in [3.63, 3.8) is 0 Å². The molecule has 0 saturated carbocycles. The molecule has 0 fully saturated rings. The summed E-state index contributed by atoms with van der Waals surface area (Å²) in [6, 6.07) is 4.03. The van der Waals surface area contributed by atoms with Crippen LogP contribution in [0.4, 0.5) is 5.82 Å². The van der Waals surface area contributed by atoms with E-state index in [2.05, 4.69) is 30.9 Å². The van der Waals surface area contributed by atoms with E-state index in [9.17, 15) is 0 Å². The summed E-state index contributed by atoms with van der Waals surface area (Å²) in [5, 5.41) is 4.16. The molecule has 0 spiro atoms. The van der Waals surface area contributed by atoms with Crippen LogP contribution in [0.25, 0.3) is 0 Å². The van der Waals surface area contributed by atoms with Gasteiger partial charge in [-0.1, -0.05) is 0 Å². The van der Waals surface area contributed by atoms with E-state index >= 15 is 0 Å². The molecule has 0 bridgehead atoms. The van der Waals surface area contributed by atoms with Crippen LogP contribution in [-0.2, 0) is 13.6 Å². The summed E-state index contributed by atoms with van der Waals surface area (Å²) in [5.41, 5.74) is 2.18. The maximum absolute atomic E-state index is 4.53. The van der Waals surface area contributed by atoms with Gasteiger partial charge in [0.1, 0.15) is 5.82 Å². The van der Waals surface area contributed by atoms with Crippen LogP contribution in [0, 0.1) is 6.92 Å². The minimum absolute atomic E-state index is 0.807. The van der Waals surface area contributed by atoms with Gasteiger partial charge in [-0.3, -0.25) is 4.68 Å². The number of rotatable bonds is 3. The van der Waals surface area contributed by atoms with Gasteiger partial charge in [-0.15, -0.1) is 0 Å². The normalized spacial score (nSPS) is 10.6. The molecule has 90 valence electrons.